The maximum atomic E-state index is 11.1. The Morgan fingerprint density at radius 2 is 2.19 bits per heavy atom. The number of nitrogens with zero attached hydrogens (tertiary/aromatic N) is 1. The van der Waals surface area contributed by atoms with Crippen LogP contribution in [-0.4, -0.2) is 47.2 Å². The first-order valence-electron chi connectivity index (χ1n) is 6.42. The number of nitrogens with one attached hydrogen (secondary N) is 1. The summed E-state index contributed by atoms with van der Waals surface area (Å²) in [7, 11) is 0. The number of hydrogen-bond acceptors (Lipinski definition) is 3. The van der Waals surface area contributed by atoms with Gasteiger partial charge in [0.25, 0.3) is 0 Å². The van der Waals surface area contributed by atoms with E-state index in [0.29, 0.717) is 12.1 Å². The predicted molar refractivity (Wildman–Crippen MR) is 62.5 cm³/mol. The van der Waals surface area contributed by atoms with Crippen LogP contribution in [0.15, 0.2) is 0 Å². The van der Waals surface area contributed by atoms with E-state index in [-0.39, 0.29) is 6.04 Å². The number of rotatable bonds is 3. The van der Waals surface area contributed by atoms with E-state index in [1.807, 2.05) is 6.92 Å². The molecule has 0 aromatic carbocycles. The van der Waals surface area contributed by atoms with Crippen LogP contribution < -0.4 is 5.32 Å². The number of carbonyl (C=O) groups is 1. The number of piperidine rings is 1. The molecule has 3 atom stereocenters. The van der Waals surface area contributed by atoms with E-state index in [1.165, 1.54) is 19.3 Å². The van der Waals surface area contributed by atoms with Gasteiger partial charge in [0.2, 0.25) is 0 Å². The summed E-state index contributed by atoms with van der Waals surface area (Å²) in [4.78, 5) is 13.3. The third-order valence-electron chi connectivity index (χ3n) is 4.01. The molecule has 2 N–H and O–H groups in total. The second kappa shape index (κ2) is 5.15. The van der Waals surface area contributed by atoms with Gasteiger partial charge in [-0.15, -0.1) is 0 Å². The minimum atomic E-state index is -0.690. The Kier molecular flexibility index (Phi) is 3.82. The van der Waals surface area contributed by atoms with E-state index < -0.39 is 5.97 Å². The molecule has 0 bridgehead atoms. The molecule has 0 aromatic rings. The summed E-state index contributed by atoms with van der Waals surface area (Å²) in [6, 6.07) is 0.608. The normalized spacial score (nSPS) is 33.8. The molecule has 3 unspecified atom stereocenters. The maximum absolute atomic E-state index is 11.1. The van der Waals surface area contributed by atoms with Crippen LogP contribution in [0.4, 0.5) is 0 Å². The zero-order chi connectivity index (χ0) is 11.5. The van der Waals surface area contributed by atoms with E-state index in [4.69, 9.17) is 5.11 Å². The minimum Gasteiger partial charge on any atom is -0.480 e. The number of hydrogen-bond donors (Lipinski definition) is 2. The summed E-state index contributed by atoms with van der Waals surface area (Å²) in [6.45, 7) is 3.85. The highest BCUT2D eigenvalue weighted by Crippen LogP contribution is 2.25. The summed E-state index contributed by atoms with van der Waals surface area (Å²) < 4.78 is 0. The Balaban J connectivity index is 2.03. The molecule has 0 amide bonds. The summed E-state index contributed by atoms with van der Waals surface area (Å²) in [5.74, 6) is -0.690. The van der Waals surface area contributed by atoms with Gasteiger partial charge in [0.05, 0.1) is 0 Å². The molecule has 2 aliphatic rings. The van der Waals surface area contributed by atoms with Gasteiger partial charge in [-0.3, -0.25) is 9.69 Å². The predicted octanol–water partition coefficient (Wildman–Crippen LogP) is 1.07. The molecular weight excluding hydrogens is 204 g/mol. The molecule has 4 heteroatoms. The Labute approximate surface area is 97.0 Å². The molecule has 16 heavy (non-hydrogen) atoms. The van der Waals surface area contributed by atoms with Gasteiger partial charge in [-0.1, -0.05) is 6.42 Å². The largest absolute Gasteiger partial charge is 0.480 e. The molecule has 2 rings (SSSR count). The Morgan fingerprint density at radius 1 is 1.38 bits per heavy atom. The van der Waals surface area contributed by atoms with Crippen molar-refractivity contribution in [3.63, 3.8) is 0 Å². The monoisotopic (exact) mass is 226 g/mol. The molecule has 2 heterocycles. The van der Waals surface area contributed by atoms with E-state index in [0.717, 1.165) is 25.9 Å². The van der Waals surface area contributed by atoms with Crippen molar-refractivity contribution in [2.24, 2.45) is 0 Å². The van der Waals surface area contributed by atoms with Crippen LogP contribution in [-0.2, 0) is 4.79 Å². The third kappa shape index (κ3) is 2.38. The van der Waals surface area contributed by atoms with Gasteiger partial charge in [-0.05, 0) is 45.7 Å². The van der Waals surface area contributed by atoms with Crippen LogP contribution in [0.2, 0.25) is 0 Å². The maximum Gasteiger partial charge on any atom is 0.320 e. The van der Waals surface area contributed by atoms with Crippen molar-refractivity contribution in [2.45, 2.75) is 57.2 Å². The van der Waals surface area contributed by atoms with Gasteiger partial charge < -0.3 is 10.4 Å². The smallest absolute Gasteiger partial charge is 0.320 e. The lowest BCUT2D eigenvalue weighted by Crippen LogP contribution is -2.55. The van der Waals surface area contributed by atoms with E-state index in [1.54, 1.807) is 0 Å². The van der Waals surface area contributed by atoms with Crippen LogP contribution in [0.5, 0.6) is 0 Å². The molecule has 0 aliphatic carbocycles. The Hall–Kier alpha value is -0.610. The van der Waals surface area contributed by atoms with Crippen LogP contribution in [0.3, 0.4) is 0 Å². The SMILES string of the molecule is CC(C(=O)O)N1CCCCC1C1CCCN1. The molecule has 92 valence electrons. The number of aliphatic carboxylic acids is 1. The van der Waals surface area contributed by atoms with Gasteiger partial charge in [0, 0.05) is 12.1 Å². The fraction of sp³-hybridized carbons (Fsp3) is 0.917. The molecule has 0 spiro atoms. The summed E-state index contributed by atoms with van der Waals surface area (Å²) >= 11 is 0. The second-order valence-corrected chi connectivity index (χ2v) is 5.02. The zero-order valence-corrected chi connectivity index (χ0v) is 9.98. The van der Waals surface area contributed by atoms with Gasteiger partial charge in [0.1, 0.15) is 6.04 Å². The van der Waals surface area contributed by atoms with Crippen molar-refractivity contribution in [2.75, 3.05) is 13.1 Å². The second-order valence-electron chi connectivity index (χ2n) is 5.02. The first kappa shape index (κ1) is 11.9. The lowest BCUT2D eigenvalue weighted by atomic mass is 9.93. The first-order valence-corrected chi connectivity index (χ1v) is 6.42. The van der Waals surface area contributed by atoms with Gasteiger partial charge in [-0.25, -0.2) is 0 Å². The van der Waals surface area contributed by atoms with Crippen molar-refractivity contribution in [1.29, 1.82) is 0 Å². The van der Waals surface area contributed by atoms with Gasteiger partial charge >= 0.3 is 5.97 Å². The fourth-order valence-corrected chi connectivity index (χ4v) is 3.07. The van der Waals surface area contributed by atoms with E-state index >= 15 is 0 Å². The van der Waals surface area contributed by atoms with Crippen molar-refractivity contribution in [1.82, 2.24) is 10.2 Å². The van der Waals surface area contributed by atoms with Crippen molar-refractivity contribution < 1.29 is 9.90 Å². The van der Waals surface area contributed by atoms with Crippen molar-refractivity contribution >= 4 is 5.97 Å². The third-order valence-corrected chi connectivity index (χ3v) is 4.01. The topological polar surface area (TPSA) is 52.6 Å². The molecule has 2 aliphatic heterocycles. The molecule has 4 nitrogen and oxygen atoms in total. The van der Waals surface area contributed by atoms with Crippen molar-refractivity contribution in [3.8, 4) is 0 Å². The summed E-state index contributed by atoms with van der Waals surface area (Å²) in [5, 5.41) is 12.6. The molecule has 2 fully saturated rings. The molecular formula is C12H22N2O2. The highest BCUT2D eigenvalue weighted by molar-refractivity contribution is 5.73. The minimum absolute atomic E-state index is 0.340. The highest BCUT2D eigenvalue weighted by atomic mass is 16.4. The molecule has 2 saturated heterocycles. The fourth-order valence-electron chi connectivity index (χ4n) is 3.07. The summed E-state index contributed by atoms with van der Waals surface area (Å²) in [5.41, 5.74) is 0. The standard InChI is InChI=1S/C12H22N2O2/c1-9(12(15)16)14-8-3-2-6-11(14)10-5-4-7-13-10/h9-11,13H,2-8H2,1H3,(H,15,16). The van der Waals surface area contributed by atoms with Crippen LogP contribution >= 0.6 is 0 Å². The Morgan fingerprint density at radius 3 is 2.81 bits per heavy atom. The van der Waals surface area contributed by atoms with Crippen LogP contribution in [0.25, 0.3) is 0 Å². The van der Waals surface area contributed by atoms with E-state index in [2.05, 4.69) is 10.2 Å². The molecule has 0 radical (unpaired) electrons. The number of carboxylic acid groups (broad SMARTS) is 1. The summed E-state index contributed by atoms with van der Waals surface area (Å²) in [6.07, 6.45) is 5.96. The van der Waals surface area contributed by atoms with Crippen LogP contribution in [0, 0.1) is 0 Å². The Bertz CT molecular complexity index is 251. The van der Waals surface area contributed by atoms with Gasteiger partial charge in [0.15, 0.2) is 0 Å². The average molecular weight is 226 g/mol. The average Bonchev–Trinajstić information content (AvgIpc) is 2.81. The first-order chi connectivity index (χ1) is 7.70. The highest BCUT2D eigenvalue weighted by Gasteiger charge is 2.35. The lowest BCUT2D eigenvalue weighted by molar-refractivity contribution is -0.144. The molecule has 0 saturated carbocycles. The van der Waals surface area contributed by atoms with Crippen molar-refractivity contribution in [3.05, 3.63) is 0 Å². The number of carboxylic acids is 1. The van der Waals surface area contributed by atoms with Gasteiger partial charge in [-0.2, -0.15) is 0 Å². The van der Waals surface area contributed by atoms with E-state index in [9.17, 15) is 4.79 Å². The quantitative estimate of drug-likeness (QED) is 0.755. The van der Waals surface area contributed by atoms with Crippen LogP contribution in [0.1, 0.15) is 39.0 Å². The lowest BCUT2D eigenvalue weighted by Gasteiger charge is -2.41. The zero-order valence-electron chi connectivity index (χ0n) is 9.98. The number of likely N-dealkylation sites (tertiary alicyclic amines) is 1. The molecule has 0 aromatic heterocycles.